The van der Waals surface area contributed by atoms with E-state index in [0.29, 0.717) is 12.0 Å². The highest BCUT2D eigenvalue weighted by molar-refractivity contribution is 7.18. The average molecular weight is 364 g/mol. The van der Waals surface area contributed by atoms with Crippen molar-refractivity contribution in [3.63, 3.8) is 0 Å². The largest absolute Gasteiger partial charge is 0.335 e. The number of urea groups is 1. The lowest BCUT2D eigenvalue weighted by molar-refractivity contribution is 0.177. The van der Waals surface area contributed by atoms with Crippen molar-refractivity contribution in [3.05, 3.63) is 28.2 Å². The molecule has 6 heteroatoms. The van der Waals surface area contributed by atoms with Gasteiger partial charge in [0.1, 0.15) is 0 Å². The predicted octanol–water partition coefficient (Wildman–Crippen LogP) is 4.78. The number of piperidine rings is 1. The van der Waals surface area contributed by atoms with Crippen LogP contribution in [0, 0.1) is 0 Å². The topological polar surface area (TPSA) is 45.2 Å². The van der Waals surface area contributed by atoms with Crippen molar-refractivity contribution >= 4 is 39.2 Å². The maximum Gasteiger partial charge on any atom is 0.317 e. The number of rotatable bonds is 2. The van der Waals surface area contributed by atoms with Crippen LogP contribution in [0.15, 0.2) is 18.2 Å². The summed E-state index contributed by atoms with van der Waals surface area (Å²) in [5, 5.41) is 5.11. The van der Waals surface area contributed by atoms with Crippen LogP contribution in [-0.2, 0) is 0 Å². The van der Waals surface area contributed by atoms with Gasteiger partial charge in [-0.25, -0.2) is 9.78 Å². The van der Waals surface area contributed by atoms with Gasteiger partial charge in [0, 0.05) is 30.1 Å². The van der Waals surface area contributed by atoms with E-state index in [1.165, 1.54) is 22.5 Å². The molecule has 24 heavy (non-hydrogen) atoms. The maximum absolute atomic E-state index is 12.4. The number of likely N-dealkylation sites (tertiary alicyclic amines) is 1. The van der Waals surface area contributed by atoms with Crippen LogP contribution in [0.1, 0.15) is 49.5 Å². The Labute approximate surface area is 151 Å². The highest BCUT2D eigenvalue weighted by Gasteiger charge is 2.27. The molecule has 1 aromatic heterocycles. The van der Waals surface area contributed by atoms with Gasteiger partial charge < -0.3 is 10.2 Å². The molecule has 0 radical (unpaired) electrons. The van der Waals surface area contributed by atoms with Gasteiger partial charge in [-0.3, -0.25) is 0 Å². The molecule has 1 aromatic carbocycles. The quantitative estimate of drug-likeness (QED) is 0.834. The summed E-state index contributed by atoms with van der Waals surface area (Å²) in [5.74, 6) is 0.455. The van der Waals surface area contributed by atoms with E-state index in [1.54, 1.807) is 11.3 Å². The van der Waals surface area contributed by atoms with Crippen LogP contribution in [-0.4, -0.2) is 35.0 Å². The maximum atomic E-state index is 12.4. The number of benzene rings is 1. The minimum Gasteiger partial charge on any atom is -0.335 e. The third-order valence-electron chi connectivity index (χ3n) is 5.18. The Balaban J connectivity index is 1.37. The number of amides is 2. The third-order valence-corrected chi connectivity index (χ3v) is 6.61. The number of fused-ring (bicyclic) bond motifs is 1. The molecule has 1 aliphatic carbocycles. The van der Waals surface area contributed by atoms with E-state index in [1.807, 2.05) is 23.1 Å². The first-order valence-corrected chi connectivity index (χ1v) is 10.00. The average Bonchev–Trinajstić information content (AvgIpc) is 3.24. The van der Waals surface area contributed by atoms with Gasteiger partial charge in [0.15, 0.2) is 0 Å². The summed E-state index contributed by atoms with van der Waals surface area (Å²) < 4.78 is 1.19. The molecule has 2 heterocycles. The monoisotopic (exact) mass is 363 g/mol. The van der Waals surface area contributed by atoms with E-state index < -0.39 is 0 Å². The second kappa shape index (κ2) is 6.89. The van der Waals surface area contributed by atoms with E-state index in [0.717, 1.165) is 49.3 Å². The van der Waals surface area contributed by atoms with Gasteiger partial charge in [-0.1, -0.05) is 24.4 Å². The number of thiazole rings is 1. The third kappa shape index (κ3) is 3.38. The molecule has 1 saturated carbocycles. The molecule has 1 saturated heterocycles. The second-order valence-corrected chi connectivity index (χ2v) is 8.36. The number of nitrogens with zero attached hydrogens (tertiary/aromatic N) is 2. The molecule has 4 nitrogen and oxygen atoms in total. The Morgan fingerprint density at radius 2 is 1.96 bits per heavy atom. The van der Waals surface area contributed by atoms with Crippen molar-refractivity contribution in [2.24, 2.45) is 0 Å². The van der Waals surface area contributed by atoms with Gasteiger partial charge in [-0.2, -0.15) is 0 Å². The van der Waals surface area contributed by atoms with Gasteiger partial charge in [-0.15, -0.1) is 11.3 Å². The first-order valence-electron chi connectivity index (χ1n) is 8.80. The highest BCUT2D eigenvalue weighted by Crippen LogP contribution is 2.34. The van der Waals surface area contributed by atoms with E-state index in [2.05, 4.69) is 5.32 Å². The van der Waals surface area contributed by atoms with Gasteiger partial charge in [-0.05, 0) is 43.9 Å². The molecule has 0 unspecified atom stereocenters. The summed E-state index contributed by atoms with van der Waals surface area (Å²) in [7, 11) is 0. The summed E-state index contributed by atoms with van der Waals surface area (Å²) in [5.41, 5.74) is 0.990. The second-order valence-electron chi connectivity index (χ2n) is 6.86. The zero-order chi connectivity index (χ0) is 16.5. The molecule has 2 amide bonds. The van der Waals surface area contributed by atoms with Crippen molar-refractivity contribution in [2.45, 2.75) is 50.5 Å². The lowest BCUT2D eigenvalue weighted by Gasteiger charge is -2.32. The Morgan fingerprint density at radius 1 is 1.21 bits per heavy atom. The number of carbonyl (C=O) groups is 1. The number of hydrogen-bond acceptors (Lipinski definition) is 3. The molecule has 2 aliphatic rings. The van der Waals surface area contributed by atoms with Crippen LogP contribution in [0.4, 0.5) is 4.79 Å². The first kappa shape index (κ1) is 16.2. The molecule has 2 fully saturated rings. The van der Waals surface area contributed by atoms with Crippen molar-refractivity contribution < 1.29 is 4.79 Å². The molecule has 0 bridgehead atoms. The summed E-state index contributed by atoms with van der Waals surface area (Å²) in [6.07, 6.45) is 6.74. The Kier molecular flexibility index (Phi) is 4.63. The van der Waals surface area contributed by atoms with Crippen LogP contribution in [0.2, 0.25) is 5.02 Å². The molecule has 4 rings (SSSR count). The van der Waals surface area contributed by atoms with Crippen LogP contribution in [0.3, 0.4) is 0 Å². The minimum atomic E-state index is 0.122. The summed E-state index contributed by atoms with van der Waals surface area (Å²) in [6, 6.07) is 6.41. The van der Waals surface area contributed by atoms with Crippen LogP contribution >= 0.6 is 22.9 Å². The predicted molar refractivity (Wildman–Crippen MR) is 99.0 cm³/mol. The fourth-order valence-electron chi connectivity index (χ4n) is 3.76. The van der Waals surface area contributed by atoms with Gasteiger partial charge in [0.25, 0.3) is 0 Å². The number of carbonyl (C=O) groups excluding carboxylic acids is 1. The van der Waals surface area contributed by atoms with Crippen molar-refractivity contribution in [3.8, 4) is 0 Å². The lowest BCUT2D eigenvalue weighted by atomic mass is 9.98. The fourth-order valence-corrected chi connectivity index (χ4v) is 5.04. The Morgan fingerprint density at radius 3 is 2.71 bits per heavy atom. The van der Waals surface area contributed by atoms with E-state index in [-0.39, 0.29) is 6.03 Å². The molecule has 128 valence electrons. The smallest absolute Gasteiger partial charge is 0.317 e. The standard InChI is InChI=1S/C18H22ClN3OS/c19-13-5-6-16-15(11-13)21-17(24-16)12-7-9-22(10-8-12)18(23)20-14-3-1-2-4-14/h5-6,11-12,14H,1-4,7-10H2,(H,20,23). The molecule has 1 N–H and O–H groups in total. The zero-order valence-corrected chi connectivity index (χ0v) is 15.2. The molecule has 0 atom stereocenters. The Bertz CT molecular complexity index is 733. The number of nitrogens with one attached hydrogen (secondary N) is 1. The summed E-state index contributed by atoms with van der Waals surface area (Å²) in [4.78, 5) is 19.1. The zero-order valence-electron chi connectivity index (χ0n) is 13.6. The van der Waals surface area contributed by atoms with Crippen LogP contribution in [0.25, 0.3) is 10.2 Å². The van der Waals surface area contributed by atoms with Gasteiger partial charge >= 0.3 is 6.03 Å². The van der Waals surface area contributed by atoms with E-state index in [4.69, 9.17) is 16.6 Å². The summed E-state index contributed by atoms with van der Waals surface area (Å²) in [6.45, 7) is 1.64. The SMILES string of the molecule is O=C(NC1CCCC1)N1CCC(c2nc3cc(Cl)ccc3s2)CC1. The van der Waals surface area contributed by atoms with Crippen molar-refractivity contribution in [1.82, 2.24) is 15.2 Å². The van der Waals surface area contributed by atoms with Gasteiger partial charge in [0.05, 0.1) is 15.2 Å². The number of hydrogen-bond donors (Lipinski definition) is 1. The highest BCUT2D eigenvalue weighted by atomic mass is 35.5. The molecule has 1 aliphatic heterocycles. The van der Waals surface area contributed by atoms with Crippen molar-refractivity contribution in [1.29, 1.82) is 0 Å². The van der Waals surface area contributed by atoms with Crippen LogP contribution < -0.4 is 5.32 Å². The lowest BCUT2D eigenvalue weighted by Crippen LogP contribution is -2.47. The fraction of sp³-hybridized carbons (Fsp3) is 0.556. The minimum absolute atomic E-state index is 0.122. The van der Waals surface area contributed by atoms with Crippen molar-refractivity contribution in [2.75, 3.05) is 13.1 Å². The van der Waals surface area contributed by atoms with Gasteiger partial charge in [0.2, 0.25) is 0 Å². The molecule has 0 spiro atoms. The summed E-state index contributed by atoms with van der Waals surface area (Å²) >= 11 is 7.81. The Hall–Kier alpha value is -1.33. The molecular formula is C18H22ClN3OS. The number of aromatic nitrogens is 1. The molecule has 2 aromatic rings. The van der Waals surface area contributed by atoms with E-state index in [9.17, 15) is 4.79 Å². The first-order chi connectivity index (χ1) is 11.7. The van der Waals surface area contributed by atoms with Crippen LogP contribution in [0.5, 0.6) is 0 Å². The molecular weight excluding hydrogens is 342 g/mol. The normalized spacial score (nSPS) is 20.0. The van der Waals surface area contributed by atoms with E-state index >= 15 is 0 Å². The number of halogens is 1.